The molecule has 0 unspecified atom stereocenters. The van der Waals surface area contributed by atoms with Crippen LogP contribution in [-0.2, 0) is 11.3 Å². The van der Waals surface area contributed by atoms with Gasteiger partial charge in [0.1, 0.15) is 0 Å². The first kappa shape index (κ1) is 14.0. The summed E-state index contributed by atoms with van der Waals surface area (Å²) in [5.41, 5.74) is 8.66. The van der Waals surface area contributed by atoms with Gasteiger partial charge in [0.05, 0.1) is 31.3 Å². The van der Waals surface area contributed by atoms with Crippen LogP contribution in [0.2, 0.25) is 0 Å². The Labute approximate surface area is 118 Å². The molecule has 0 saturated heterocycles. The monoisotopic (exact) mass is 270 g/mol. The van der Waals surface area contributed by atoms with Gasteiger partial charge in [-0.05, 0) is 18.1 Å². The first-order valence-electron chi connectivity index (χ1n) is 6.32. The maximum absolute atomic E-state index is 5.71. The van der Waals surface area contributed by atoms with Crippen LogP contribution in [0.25, 0.3) is 0 Å². The van der Waals surface area contributed by atoms with E-state index in [1.165, 1.54) is 0 Å². The minimum Gasteiger partial charge on any atom is -0.373 e. The molecule has 0 bridgehead atoms. The number of aromatic nitrogens is 2. The zero-order valence-electron chi connectivity index (χ0n) is 11.5. The average Bonchev–Trinajstić information content (AvgIpc) is 2.76. The summed E-state index contributed by atoms with van der Waals surface area (Å²) in [5, 5.41) is 4.26. The average molecular weight is 270 g/mol. The molecule has 0 aliphatic heterocycles. The van der Waals surface area contributed by atoms with Crippen LogP contribution in [0.15, 0.2) is 48.2 Å². The molecular weight excluding hydrogens is 252 g/mol. The Morgan fingerprint density at radius 1 is 1.40 bits per heavy atom. The minimum absolute atomic E-state index is 0.383. The van der Waals surface area contributed by atoms with Crippen LogP contribution >= 0.6 is 0 Å². The van der Waals surface area contributed by atoms with Crippen molar-refractivity contribution in [2.75, 3.05) is 12.3 Å². The van der Waals surface area contributed by atoms with E-state index in [9.17, 15) is 0 Å². The van der Waals surface area contributed by atoms with Crippen molar-refractivity contribution in [3.05, 3.63) is 59.9 Å². The topological polar surface area (TPSA) is 65.4 Å². The molecule has 2 N–H and O–H groups in total. The van der Waals surface area contributed by atoms with Gasteiger partial charge in [0.2, 0.25) is 5.95 Å². The molecule has 1 aromatic heterocycles. The summed E-state index contributed by atoms with van der Waals surface area (Å²) in [7, 11) is 0. The van der Waals surface area contributed by atoms with Crippen LogP contribution in [0, 0.1) is 6.92 Å². The van der Waals surface area contributed by atoms with Crippen molar-refractivity contribution in [2.24, 2.45) is 5.10 Å². The summed E-state index contributed by atoms with van der Waals surface area (Å²) in [6.07, 6.45) is 5.26. The van der Waals surface area contributed by atoms with Crippen molar-refractivity contribution < 1.29 is 4.74 Å². The first-order chi connectivity index (χ1) is 9.69. The highest BCUT2D eigenvalue weighted by atomic mass is 16.5. The molecule has 0 amide bonds. The molecule has 0 spiro atoms. The van der Waals surface area contributed by atoms with Gasteiger partial charge in [-0.1, -0.05) is 30.3 Å². The van der Waals surface area contributed by atoms with Crippen LogP contribution in [0.3, 0.4) is 0 Å². The SMILES string of the molecule is C=CCOCc1ccc(C=Nn2cc(C)nc2N)cc1. The predicted molar refractivity (Wildman–Crippen MR) is 80.7 cm³/mol. The van der Waals surface area contributed by atoms with E-state index in [0.29, 0.717) is 19.2 Å². The number of aryl methyl sites for hydroxylation is 1. The Kier molecular flexibility index (Phi) is 4.68. The minimum atomic E-state index is 0.383. The number of hydrogen-bond acceptors (Lipinski definition) is 4. The van der Waals surface area contributed by atoms with E-state index in [2.05, 4.69) is 16.7 Å². The smallest absolute Gasteiger partial charge is 0.221 e. The largest absolute Gasteiger partial charge is 0.373 e. The Morgan fingerprint density at radius 2 is 2.15 bits per heavy atom. The second-order valence-electron chi connectivity index (χ2n) is 4.38. The molecule has 5 nitrogen and oxygen atoms in total. The van der Waals surface area contributed by atoms with Gasteiger partial charge in [-0.3, -0.25) is 0 Å². The number of rotatable bonds is 6. The van der Waals surface area contributed by atoms with Crippen molar-refractivity contribution in [3.63, 3.8) is 0 Å². The fourth-order valence-corrected chi connectivity index (χ4v) is 1.69. The van der Waals surface area contributed by atoms with Gasteiger partial charge < -0.3 is 10.5 Å². The summed E-state index contributed by atoms with van der Waals surface area (Å²) in [5.74, 6) is 0.383. The summed E-state index contributed by atoms with van der Waals surface area (Å²) in [6.45, 7) is 6.62. The highest BCUT2D eigenvalue weighted by molar-refractivity contribution is 5.79. The Balaban J connectivity index is 1.99. The maximum atomic E-state index is 5.71. The van der Waals surface area contributed by atoms with Crippen molar-refractivity contribution in [1.82, 2.24) is 9.66 Å². The summed E-state index contributed by atoms with van der Waals surface area (Å²) < 4.78 is 6.93. The number of nitrogen functional groups attached to an aromatic ring is 1. The van der Waals surface area contributed by atoms with E-state index in [0.717, 1.165) is 16.8 Å². The maximum Gasteiger partial charge on any atom is 0.221 e. The molecule has 20 heavy (non-hydrogen) atoms. The fraction of sp³-hybridized carbons (Fsp3) is 0.200. The van der Waals surface area contributed by atoms with Crippen LogP contribution in [0.4, 0.5) is 5.95 Å². The van der Waals surface area contributed by atoms with E-state index in [4.69, 9.17) is 10.5 Å². The number of anilines is 1. The third kappa shape index (κ3) is 3.80. The number of hydrogen-bond donors (Lipinski definition) is 1. The molecule has 2 aromatic rings. The number of nitrogens with two attached hydrogens (primary N) is 1. The molecule has 0 fully saturated rings. The van der Waals surface area contributed by atoms with Gasteiger partial charge >= 0.3 is 0 Å². The summed E-state index contributed by atoms with van der Waals surface area (Å²) in [4.78, 5) is 4.08. The van der Waals surface area contributed by atoms with Crippen molar-refractivity contribution in [2.45, 2.75) is 13.5 Å². The summed E-state index contributed by atoms with van der Waals surface area (Å²) in [6, 6.07) is 7.98. The van der Waals surface area contributed by atoms with E-state index in [1.54, 1.807) is 23.2 Å². The second-order valence-corrected chi connectivity index (χ2v) is 4.38. The standard InChI is InChI=1S/C15H18N4O/c1-3-8-20-11-14-6-4-13(5-7-14)9-17-19-10-12(2)18-15(19)16/h3-7,9-10H,1,8,11H2,2H3,(H2,16,18). The van der Waals surface area contributed by atoms with Gasteiger partial charge in [-0.2, -0.15) is 5.10 Å². The highest BCUT2D eigenvalue weighted by Crippen LogP contribution is 2.06. The van der Waals surface area contributed by atoms with Gasteiger partial charge in [0.15, 0.2) is 0 Å². The van der Waals surface area contributed by atoms with Crippen molar-refractivity contribution in [3.8, 4) is 0 Å². The molecule has 5 heteroatoms. The Bertz CT molecular complexity index is 599. The van der Waals surface area contributed by atoms with Crippen LogP contribution in [0.1, 0.15) is 16.8 Å². The van der Waals surface area contributed by atoms with Crippen LogP contribution in [0.5, 0.6) is 0 Å². The van der Waals surface area contributed by atoms with E-state index >= 15 is 0 Å². The third-order valence-corrected chi connectivity index (χ3v) is 2.65. The molecule has 0 aliphatic rings. The Morgan fingerprint density at radius 3 is 2.75 bits per heavy atom. The molecule has 0 saturated carbocycles. The molecule has 1 heterocycles. The molecule has 0 radical (unpaired) electrons. The number of nitrogens with zero attached hydrogens (tertiary/aromatic N) is 3. The molecule has 0 aliphatic carbocycles. The van der Waals surface area contributed by atoms with E-state index in [1.807, 2.05) is 31.2 Å². The molecule has 1 aromatic carbocycles. The second kappa shape index (κ2) is 6.68. The molecule has 0 atom stereocenters. The molecule has 104 valence electrons. The highest BCUT2D eigenvalue weighted by Gasteiger charge is 1.98. The van der Waals surface area contributed by atoms with Crippen molar-refractivity contribution in [1.29, 1.82) is 0 Å². The third-order valence-electron chi connectivity index (χ3n) is 2.65. The zero-order valence-corrected chi connectivity index (χ0v) is 11.5. The fourth-order valence-electron chi connectivity index (χ4n) is 1.69. The molecular formula is C15H18N4O. The lowest BCUT2D eigenvalue weighted by Gasteiger charge is -2.02. The molecule has 2 rings (SSSR count). The van der Waals surface area contributed by atoms with Crippen molar-refractivity contribution >= 4 is 12.2 Å². The Hall–Kier alpha value is -2.40. The van der Waals surface area contributed by atoms with Crippen LogP contribution < -0.4 is 5.73 Å². The normalized spacial score (nSPS) is 11.1. The summed E-state index contributed by atoms with van der Waals surface area (Å²) >= 11 is 0. The first-order valence-corrected chi connectivity index (χ1v) is 6.32. The zero-order chi connectivity index (χ0) is 14.4. The lowest BCUT2D eigenvalue weighted by Crippen LogP contribution is -1.97. The number of imidazole rings is 1. The number of benzene rings is 1. The van der Waals surface area contributed by atoms with E-state index < -0.39 is 0 Å². The van der Waals surface area contributed by atoms with Gasteiger partial charge in [-0.25, -0.2) is 9.66 Å². The predicted octanol–water partition coefficient (Wildman–Crippen LogP) is 2.36. The quantitative estimate of drug-likeness (QED) is 0.498. The van der Waals surface area contributed by atoms with Crippen LogP contribution in [-0.4, -0.2) is 22.5 Å². The number of ether oxygens (including phenoxy) is 1. The van der Waals surface area contributed by atoms with Gasteiger partial charge in [-0.15, -0.1) is 6.58 Å². The van der Waals surface area contributed by atoms with Gasteiger partial charge in [0.25, 0.3) is 0 Å². The lowest BCUT2D eigenvalue weighted by atomic mass is 10.1. The van der Waals surface area contributed by atoms with Gasteiger partial charge in [0, 0.05) is 0 Å². The lowest BCUT2D eigenvalue weighted by molar-refractivity contribution is 0.149. The van der Waals surface area contributed by atoms with E-state index in [-0.39, 0.29) is 0 Å².